The molecule has 1 aliphatic rings. The zero-order valence-electron chi connectivity index (χ0n) is 18.2. The number of methoxy groups -OCH3 is 1. The number of ether oxygens (including phenoxy) is 2. The number of carbonyl (C=O) groups is 2. The number of carbonyl (C=O) groups excluding carboxylic acids is 2. The average Bonchev–Trinajstić information content (AvgIpc) is 2.78. The van der Waals surface area contributed by atoms with Gasteiger partial charge in [0.05, 0.1) is 37.1 Å². The second-order valence-electron chi connectivity index (χ2n) is 7.77. The van der Waals surface area contributed by atoms with Gasteiger partial charge in [-0.1, -0.05) is 24.3 Å². The molecule has 3 aromatic carbocycles. The maximum Gasteiger partial charge on any atom is 0.256 e. The normalized spacial score (nSPS) is 13.2. The van der Waals surface area contributed by atoms with Gasteiger partial charge in [0.25, 0.3) is 11.8 Å². The van der Waals surface area contributed by atoms with Crippen molar-refractivity contribution in [1.82, 2.24) is 5.32 Å². The first-order valence-electron chi connectivity index (χ1n) is 10.5. The van der Waals surface area contributed by atoms with Crippen LogP contribution in [0.2, 0.25) is 0 Å². The van der Waals surface area contributed by atoms with Crippen molar-refractivity contribution in [3.8, 4) is 5.75 Å². The molecule has 9 heteroatoms. The van der Waals surface area contributed by atoms with Crippen LogP contribution in [0, 0.1) is 11.6 Å². The Morgan fingerprint density at radius 2 is 1.79 bits per heavy atom. The number of rotatable bonds is 7. The zero-order valence-corrected chi connectivity index (χ0v) is 19.1. The fourth-order valence-electron chi connectivity index (χ4n) is 3.54. The molecule has 0 unspecified atom stereocenters. The van der Waals surface area contributed by atoms with Gasteiger partial charge in [0, 0.05) is 22.9 Å². The summed E-state index contributed by atoms with van der Waals surface area (Å²) < 4.78 is 39.4. The number of hydrogen-bond acceptors (Lipinski definition) is 5. The SMILES string of the molecule is COc1ccccc1CNC(=O)c1cc(C(=O)Nc2ccc(C3COC3)cc2F)c(S)cc1F. The smallest absolute Gasteiger partial charge is 0.256 e. The molecule has 3 aromatic rings. The molecule has 4 rings (SSSR count). The van der Waals surface area contributed by atoms with E-state index in [1.807, 2.05) is 0 Å². The Morgan fingerprint density at radius 3 is 2.47 bits per heavy atom. The summed E-state index contributed by atoms with van der Waals surface area (Å²) in [7, 11) is 1.51. The summed E-state index contributed by atoms with van der Waals surface area (Å²) >= 11 is 4.16. The van der Waals surface area contributed by atoms with Gasteiger partial charge in [-0.2, -0.15) is 0 Å². The number of anilines is 1. The molecule has 0 spiro atoms. The lowest BCUT2D eigenvalue weighted by molar-refractivity contribution is 0.00833. The number of amides is 2. The molecule has 0 saturated carbocycles. The van der Waals surface area contributed by atoms with Crippen LogP contribution in [0.3, 0.4) is 0 Å². The summed E-state index contributed by atoms with van der Waals surface area (Å²) in [6.07, 6.45) is 0. The Morgan fingerprint density at radius 1 is 1.03 bits per heavy atom. The van der Waals surface area contributed by atoms with Crippen molar-refractivity contribution in [3.05, 3.63) is 88.5 Å². The van der Waals surface area contributed by atoms with Gasteiger partial charge in [0.2, 0.25) is 0 Å². The van der Waals surface area contributed by atoms with Gasteiger partial charge in [-0.05, 0) is 35.9 Å². The number of benzene rings is 3. The van der Waals surface area contributed by atoms with E-state index in [1.165, 1.54) is 19.2 Å². The second-order valence-corrected chi connectivity index (χ2v) is 8.25. The number of para-hydroxylation sites is 1. The van der Waals surface area contributed by atoms with Gasteiger partial charge >= 0.3 is 0 Å². The average molecular weight is 485 g/mol. The molecule has 0 aromatic heterocycles. The van der Waals surface area contributed by atoms with E-state index in [2.05, 4.69) is 23.3 Å². The molecule has 0 atom stereocenters. The predicted molar refractivity (Wildman–Crippen MR) is 126 cm³/mol. The fourth-order valence-corrected chi connectivity index (χ4v) is 3.82. The van der Waals surface area contributed by atoms with Crippen molar-refractivity contribution in [1.29, 1.82) is 0 Å². The van der Waals surface area contributed by atoms with E-state index in [0.29, 0.717) is 24.5 Å². The predicted octanol–water partition coefficient (Wildman–Crippen LogP) is 4.56. The van der Waals surface area contributed by atoms with E-state index in [9.17, 15) is 18.4 Å². The number of hydrogen-bond donors (Lipinski definition) is 3. The van der Waals surface area contributed by atoms with Crippen LogP contribution in [0.1, 0.15) is 37.8 Å². The largest absolute Gasteiger partial charge is 0.496 e. The van der Waals surface area contributed by atoms with Crippen molar-refractivity contribution in [2.24, 2.45) is 0 Å². The molecule has 34 heavy (non-hydrogen) atoms. The van der Waals surface area contributed by atoms with Crippen LogP contribution in [0.15, 0.2) is 59.5 Å². The Kier molecular flexibility index (Phi) is 7.14. The molecule has 0 radical (unpaired) electrons. The van der Waals surface area contributed by atoms with Crippen LogP contribution in [-0.4, -0.2) is 32.1 Å². The van der Waals surface area contributed by atoms with Crippen LogP contribution in [-0.2, 0) is 11.3 Å². The third-order valence-electron chi connectivity index (χ3n) is 5.56. The minimum absolute atomic E-state index is 0.0138. The van der Waals surface area contributed by atoms with Gasteiger partial charge in [-0.3, -0.25) is 9.59 Å². The highest BCUT2D eigenvalue weighted by atomic mass is 32.1. The lowest BCUT2D eigenvalue weighted by Gasteiger charge is -2.26. The minimum Gasteiger partial charge on any atom is -0.496 e. The van der Waals surface area contributed by atoms with Crippen LogP contribution in [0.4, 0.5) is 14.5 Å². The van der Waals surface area contributed by atoms with Crippen LogP contribution in [0.25, 0.3) is 0 Å². The Balaban J connectivity index is 1.50. The first-order chi connectivity index (χ1) is 16.4. The van der Waals surface area contributed by atoms with Gasteiger partial charge < -0.3 is 20.1 Å². The van der Waals surface area contributed by atoms with E-state index < -0.39 is 23.4 Å². The highest BCUT2D eigenvalue weighted by Crippen LogP contribution is 2.28. The van der Waals surface area contributed by atoms with Crippen molar-refractivity contribution >= 4 is 30.1 Å². The molecule has 0 bridgehead atoms. The molecule has 1 heterocycles. The van der Waals surface area contributed by atoms with E-state index >= 15 is 0 Å². The van der Waals surface area contributed by atoms with Crippen molar-refractivity contribution < 1.29 is 27.8 Å². The van der Waals surface area contributed by atoms with Gasteiger partial charge in [-0.15, -0.1) is 12.6 Å². The molecule has 176 valence electrons. The summed E-state index contributed by atoms with van der Waals surface area (Å²) in [5.41, 5.74) is 1.05. The molecule has 1 fully saturated rings. The van der Waals surface area contributed by atoms with Gasteiger partial charge in [-0.25, -0.2) is 8.78 Å². The summed E-state index contributed by atoms with van der Waals surface area (Å²) in [5.74, 6) is -2.16. The minimum atomic E-state index is -0.836. The van der Waals surface area contributed by atoms with Crippen molar-refractivity contribution in [2.45, 2.75) is 17.4 Å². The monoisotopic (exact) mass is 484 g/mol. The highest BCUT2D eigenvalue weighted by Gasteiger charge is 2.23. The third kappa shape index (κ3) is 5.05. The number of nitrogens with one attached hydrogen (secondary N) is 2. The van der Waals surface area contributed by atoms with Crippen LogP contribution >= 0.6 is 12.6 Å². The first-order valence-corrected chi connectivity index (χ1v) is 10.9. The van der Waals surface area contributed by atoms with Crippen LogP contribution < -0.4 is 15.4 Å². The molecular formula is C25H22F2N2O4S. The lowest BCUT2D eigenvalue weighted by atomic mass is 9.97. The van der Waals surface area contributed by atoms with E-state index in [-0.39, 0.29) is 34.2 Å². The molecule has 6 nitrogen and oxygen atoms in total. The number of thiol groups is 1. The Labute approximate surface area is 200 Å². The summed E-state index contributed by atoms with van der Waals surface area (Å²) in [6.45, 7) is 1.16. The van der Waals surface area contributed by atoms with E-state index in [1.54, 1.807) is 30.3 Å². The molecule has 2 N–H and O–H groups in total. The van der Waals surface area contributed by atoms with E-state index in [0.717, 1.165) is 17.7 Å². The van der Waals surface area contributed by atoms with E-state index in [4.69, 9.17) is 9.47 Å². The summed E-state index contributed by atoms with van der Waals surface area (Å²) in [4.78, 5) is 25.5. The molecular weight excluding hydrogens is 462 g/mol. The topological polar surface area (TPSA) is 76.7 Å². The highest BCUT2D eigenvalue weighted by molar-refractivity contribution is 7.80. The third-order valence-corrected chi connectivity index (χ3v) is 5.93. The maximum absolute atomic E-state index is 14.5. The lowest BCUT2D eigenvalue weighted by Crippen LogP contribution is -2.25. The van der Waals surface area contributed by atoms with Crippen molar-refractivity contribution in [2.75, 3.05) is 25.6 Å². The molecule has 1 saturated heterocycles. The second kappa shape index (κ2) is 10.2. The number of halogens is 2. The quantitative estimate of drug-likeness (QED) is 0.430. The van der Waals surface area contributed by atoms with Crippen molar-refractivity contribution in [3.63, 3.8) is 0 Å². The zero-order chi connectivity index (χ0) is 24.2. The standard InChI is InChI=1S/C25H22F2N2O4S/c1-32-22-5-3-2-4-15(22)11-28-24(30)17-9-18(23(34)10-19(17)26)25(31)29-21-7-6-14(8-20(21)27)16-12-33-13-16/h2-10,16,34H,11-13H2,1H3,(H,28,30)(H,29,31). The summed E-state index contributed by atoms with van der Waals surface area (Å²) in [5, 5.41) is 5.08. The van der Waals surface area contributed by atoms with Gasteiger partial charge in [0.15, 0.2) is 0 Å². The Hall–Kier alpha value is -3.43. The molecule has 0 aliphatic carbocycles. The fraction of sp³-hybridized carbons (Fsp3) is 0.200. The summed E-state index contributed by atoms with van der Waals surface area (Å²) in [6, 6.07) is 13.7. The maximum atomic E-state index is 14.5. The molecule has 1 aliphatic heterocycles. The van der Waals surface area contributed by atoms with Gasteiger partial charge in [0.1, 0.15) is 17.4 Å². The van der Waals surface area contributed by atoms with Crippen LogP contribution in [0.5, 0.6) is 5.75 Å². The Bertz CT molecular complexity index is 1250. The molecule has 2 amide bonds. The first kappa shape index (κ1) is 23.7.